The van der Waals surface area contributed by atoms with Crippen molar-refractivity contribution in [1.29, 1.82) is 0 Å². The number of rotatable bonds is 6. The van der Waals surface area contributed by atoms with Crippen LogP contribution in [0.3, 0.4) is 0 Å². The number of furan rings is 1. The normalized spacial score (nSPS) is 25.0. The van der Waals surface area contributed by atoms with Crippen LogP contribution in [0, 0.1) is 0 Å². The van der Waals surface area contributed by atoms with Crippen molar-refractivity contribution in [2.45, 2.75) is 63.7 Å². The van der Waals surface area contributed by atoms with E-state index in [4.69, 9.17) is 18.6 Å². The topological polar surface area (TPSA) is 87.8 Å². The standard InChI is InChI=1S/C23H29F2N3O5/c1-13-8-17-18(20-16(13)11-28(27-20)10-15-12-30-6-7-32-15)19(23(2,24)25)21(33-17)22(29)26-9-14-4-3-5-31-14/h11,13-15H,3-10,12H2,1-2H3,(H,26,29)/t13?,14-,15-/m0/s1. The number of hydrogen-bond acceptors (Lipinski definition) is 6. The average molecular weight is 465 g/mol. The van der Waals surface area contributed by atoms with Crippen molar-refractivity contribution < 1.29 is 32.2 Å². The van der Waals surface area contributed by atoms with Crippen LogP contribution in [0.4, 0.5) is 8.78 Å². The quantitative estimate of drug-likeness (QED) is 0.705. The van der Waals surface area contributed by atoms with Crippen molar-refractivity contribution in [3.63, 3.8) is 0 Å². The molecule has 0 radical (unpaired) electrons. The molecule has 3 atom stereocenters. The van der Waals surface area contributed by atoms with Crippen LogP contribution in [0.2, 0.25) is 0 Å². The lowest BCUT2D eigenvalue weighted by molar-refractivity contribution is -0.0946. The van der Waals surface area contributed by atoms with E-state index in [0.717, 1.165) is 25.3 Å². The Kier molecular flexibility index (Phi) is 6.00. The summed E-state index contributed by atoms with van der Waals surface area (Å²) in [5.41, 5.74) is 1.13. The van der Waals surface area contributed by atoms with E-state index in [1.807, 2.05) is 13.1 Å². The fourth-order valence-electron chi connectivity index (χ4n) is 4.87. The summed E-state index contributed by atoms with van der Waals surface area (Å²) in [5, 5.41) is 7.34. The maximum Gasteiger partial charge on any atom is 0.287 e. The van der Waals surface area contributed by atoms with Crippen LogP contribution in [-0.4, -0.2) is 60.9 Å². The summed E-state index contributed by atoms with van der Waals surface area (Å²) in [6.07, 6.45) is 3.81. The van der Waals surface area contributed by atoms with Crippen molar-refractivity contribution in [2.24, 2.45) is 0 Å². The van der Waals surface area contributed by atoms with Crippen LogP contribution >= 0.6 is 0 Å². The molecule has 0 spiro atoms. The van der Waals surface area contributed by atoms with Gasteiger partial charge < -0.3 is 23.9 Å². The minimum atomic E-state index is -3.28. The van der Waals surface area contributed by atoms with E-state index >= 15 is 0 Å². The van der Waals surface area contributed by atoms with Crippen LogP contribution in [-0.2, 0) is 33.1 Å². The van der Waals surface area contributed by atoms with Gasteiger partial charge in [0, 0.05) is 38.3 Å². The summed E-state index contributed by atoms with van der Waals surface area (Å²) in [7, 11) is 0. The van der Waals surface area contributed by atoms with Gasteiger partial charge in [0.25, 0.3) is 11.8 Å². The van der Waals surface area contributed by atoms with E-state index in [0.29, 0.717) is 50.8 Å². The Labute approximate surface area is 190 Å². The summed E-state index contributed by atoms with van der Waals surface area (Å²) in [4.78, 5) is 12.9. The van der Waals surface area contributed by atoms with Crippen LogP contribution < -0.4 is 5.32 Å². The molecule has 5 rings (SSSR count). The van der Waals surface area contributed by atoms with Crippen LogP contribution in [0.25, 0.3) is 11.3 Å². The zero-order valence-electron chi connectivity index (χ0n) is 18.9. The summed E-state index contributed by atoms with van der Waals surface area (Å²) >= 11 is 0. The van der Waals surface area contributed by atoms with E-state index in [2.05, 4.69) is 10.4 Å². The van der Waals surface area contributed by atoms with E-state index in [9.17, 15) is 13.6 Å². The molecule has 3 aliphatic rings. The van der Waals surface area contributed by atoms with Gasteiger partial charge in [0.2, 0.25) is 5.76 Å². The number of ether oxygens (including phenoxy) is 3. The monoisotopic (exact) mass is 465 g/mol. The van der Waals surface area contributed by atoms with Crippen molar-refractivity contribution >= 4 is 5.91 Å². The molecule has 0 saturated carbocycles. The third-order valence-corrected chi connectivity index (χ3v) is 6.47. The van der Waals surface area contributed by atoms with Crippen LogP contribution in [0.15, 0.2) is 10.6 Å². The minimum absolute atomic E-state index is 0.0112. The molecule has 4 heterocycles. The van der Waals surface area contributed by atoms with Crippen LogP contribution in [0.1, 0.15) is 60.0 Å². The van der Waals surface area contributed by atoms with Gasteiger partial charge in [-0.15, -0.1) is 0 Å². The second-order valence-corrected chi connectivity index (χ2v) is 9.17. The van der Waals surface area contributed by atoms with Gasteiger partial charge in [-0.2, -0.15) is 5.10 Å². The molecule has 2 fully saturated rings. The van der Waals surface area contributed by atoms with E-state index in [-0.39, 0.29) is 36.0 Å². The number of carbonyl (C=O) groups excluding carboxylic acids is 1. The molecule has 1 amide bonds. The Balaban J connectivity index is 1.48. The lowest BCUT2D eigenvalue weighted by Crippen LogP contribution is -2.32. The van der Waals surface area contributed by atoms with Gasteiger partial charge in [0.15, 0.2) is 0 Å². The maximum atomic E-state index is 14.9. The van der Waals surface area contributed by atoms with Gasteiger partial charge >= 0.3 is 0 Å². The predicted octanol–water partition coefficient (Wildman–Crippen LogP) is 3.24. The number of nitrogens with zero attached hydrogens (tertiary/aromatic N) is 2. The van der Waals surface area contributed by atoms with Crippen LogP contribution in [0.5, 0.6) is 0 Å². The zero-order chi connectivity index (χ0) is 23.2. The Bertz CT molecular complexity index is 1020. The van der Waals surface area contributed by atoms with Gasteiger partial charge in [-0.1, -0.05) is 6.92 Å². The Morgan fingerprint density at radius 1 is 1.27 bits per heavy atom. The molecular weight excluding hydrogens is 436 g/mol. The summed E-state index contributed by atoms with van der Waals surface area (Å²) < 4.78 is 53.9. The number of fused-ring (bicyclic) bond motifs is 3. The fourth-order valence-corrected chi connectivity index (χ4v) is 4.87. The van der Waals surface area contributed by atoms with Crippen molar-refractivity contribution in [1.82, 2.24) is 15.1 Å². The first-order valence-electron chi connectivity index (χ1n) is 11.5. The molecule has 0 aromatic carbocycles. The first-order valence-corrected chi connectivity index (χ1v) is 11.5. The van der Waals surface area contributed by atoms with Gasteiger partial charge in [-0.3, -0.25) is 9.48 Å². The second-order valence-electron chi connectivity index (χ2n) is 9.17. The number of halogens is 2. The van der Waals surface area contributed by atoms with Crippen molar-refractivity contribution in [2.75, 3.05) is 33.0 Å². The van der Waals surface area contributed by atoms with Gasteiger partial charge in [0.05, 0.1) is 49.3 Å². The summed E-state index contributed by atoms with van der Waals surface area (Å²) in [6.45, 7) is 5.70. The Morgan fingerprint density at radius 3 is 2.79 bits per heavy atom. The van der Waals surface area contributed by atoms with Crippen molar-refractivity contribution in [3.05, 3.63) is 28.8 Å². The fraction of sp³-hybridized carbons (Fsp3) is 0.652. The SMILES string of the molecule is CC1Cc2oc(C(=O)NC[C@@H]3CCCO3)c(C(C)(F)F)c2-c2nn(C[C@H]3COCCO3)cc21. The highest BCUT2D eigenvalue weighted by molar-refractivity contribution is 5.96. The van der Waals surface area contributed by atoms with Crippen molar-refractivity contribution in [3.8, 4) is 11.3 Å². The molecule has 1 unspecified atom stereocenters. The third kappa shape index (κ3) is 4.43. The first kappa shape index (κ1) is 22.5. The molecule has 1 N–H and O–H groups in total. The molecule has 33 heavy (non-hydrogen) atoms. The lowest BCUT2D eigenvalue weighted by Gasteiger charge is -2.22. The summed E-state index contributed by atoms with van der Waals surface area (Å²) in [5.74, 6) is -3.90. The van der Waals surface area contributed by atoms with Gasteiger partial charge in [0.1, 0.15) is 11.9 Å². The van der Waals surface area contributed by atoms with E-state index in [1.165, 1.54) is 0 Å². The largest absolute Gasteiger partial charge is 0.455 e. The molecular formula is C23H29F2N3O5. The maximum absolute atomic E-state index is 14.9. The molecule has 8 nitrogen and oxygen atoms in total. The molecule has 0 bridgehead atoms. The van der Waals surface area contributed by atoms with Gasteiger partial charge in [-0.05, 0) is 18.8 Å². The molecule has 2 aromatic heterocycles. The highest BCUT2D eigenvalue weighted by Gasteiger charge is 2.43. The van der Waals surface area contributed by atoms with E-state index < -0.39 is 17.4 Å². The minimum Gasteiger partial charge on any atom is -0.455 e. The number of aromatic nitrogens is 2. The second kappa shape index (κ2) is 8.81. The predicted molar refractivity (Wildman–Crippen MR) is 113 cm³/mol. The summed E-state index contributed by atoms with van der Waals surface area (Å²) in [6, 6.07) is 0. The smallest absolute Gasteiger partial charge is 0.287 e. The first-order chi connectivity index (χ1) is 15.8. The molecule has 180 valence electrons. The molecule has 2 aromatic rings. The number of alkyl halides is 2. The molecule has 1 aliphatic carbocycles. The van der Waals surface area contributed by atoms with E-state index in [1.54, 1.807) is 4.68 Å². The number of hydrogen-bond donors (Lipinski definition) is 1. The average Bonchev–Trinajstić information content (AvgIpc) is 3.50. The number of carbonyl (C=O) groups is 1. The molecule has 10 heteroatoms. The third-order valence-electron chi connectivity index (χ3n) is 6.47. The highest BCUT2D eigenvalue weighted by Crippen LogP contribution is 2.48. The zero-order valence-corrected chi connectivity index (χ0v) is 18.9. The molecule has 2 aliphatic heterocycles. The number of nitrogens with one attached hydrogen (secondary N) is 1. The Hall–Kier alpha value is -2.30. The molecule has 2 saturated heterocycles. The Morgan fingerprint density at radius 2 is 2.09 bits per heavy atom. The highest BCUT2D eigenvalue weighted by atomic mass is 19.3. The number of amides is 1. The lowest BCUT2D eigenvalue weighted by atomic mass is 9.85. The van der Waals surface area contributed by atoms with Gasteiger partial charge in [-0.25, -0.2) is 8.78 Å².